The van der Waals surface area contributed by atoms with Gasteiger partial charge >= 0.3 is 5.97 Å². The fourth-order valence-corrected chi connectivity index (χ4v) is 2.14. The van der Waals surface area contributed by atoms with Crippen LogP contribution in [-0.4, -0.2) is 23.2 Å². The third kappa shape index (κ3) is 2.40. The topological polar surface area (TPSA) is 65.2 Å². The smallest absolute Gasteiger partial charge is 0.315 e. The van der Waals surface area contributed by atoms with E-state index in [-0.39, 0.29) is 12.4 Å². The normalized spacial score (nSPS) is 24.6. The van der Waals surface area contributed by atoms with Crippen molar-refractivity contribution < 1.29 is 14.1 Å². The molecule has 2 rings (SSSR count). The van der Waals surface area contributed by atoms with E-state index in [0.29, 0.717) is 11.8 Å². The molecule has 1 aliphatic rings. The van der Waals surface area contributed by atoms with Crippen LogP contribution in [0.25, 0.3) is 0 Å². The van der Waals surface area contributed by atoms with Gasteiger partial charge < -0.3 is 9.26 Å². The molecule has 1 aromatic heterocycles. The number of rotatable bonds is 3. The minimum atomic E-state index is -0.352. The highest BCUT2D eigenvalue weighted by atomic mass is 16.5. The molecule has 0 saturated heterocycles. The number of ether oxygens (including phenoxy) is 1. The van der Waals surface area contributed by atoms with Crippen molar-refractivity contribution in [2.24, 2.45) is 5.92 Å². The van der Waals surface area contributed by atoms with Crippen LogP contribution in [0.3, 0.4) is 0 Å². The molecule has 1 fully saturated rings. The van der Waals surface area contributed by atoms with Crippen molar-refractivity contribution in [2.45, 2.75) is 38.5 Å². The summed E-state index contributed by atoms with van der Waals surface area (Å²) in [4.78, 5) is 15.2. The van der Waals surface area contributed by atoms with Crippen molar-refractivity contribution in [2.75, 3.05) is 7.11 Å². The van der Waals surface area contributed by atoms with E-state index < -0.39 is 0 Å². The Hall–Kier alpha value is -1.39. The zero-order valence-electron chi connectivity index (χ0n) is 9.60. The zero-order chi connectivity index (χ0) is 11.5. The third-order valence-corrected chi connectivity index (χ3v) is 3.07. The summed E-state index contributed by atoms with van der Waals surface area (Å²) in [5.41, 5.74) is 0. The van der Waals surface area contributed by atoms with Crippen molar-refractivity contribution >= 4 is 5.97 Å². The lowest BCUT2D eigenvalue weighted by atomic mass is 10.1. The molecular formula is C11H16N2O3. The van der Waals surface area contributed by atoms with E-state index in [2.05, 4.69) is 21.8 Å². The highest BCUT2D eigenvalue weighted by Crippen LogP contribution is 2.36. The van der Waals surface area contributed by atoms with E-state index in [0.717, 1.165) is 24.6 Å². The molecule has 88 valence electrons. The number of nitrogens with zero attached hydrogens (tertiary/aromatic N) is 2. The summed E-state index contributed by atoms with van der Waals surface area (Å²) >= 11 is 0. The van der Waals surface area contributed by atoms with E-state index in [1.807, 2.05) is 0 Å². The van der Waals surface area contributed by atoms with Crippen molar-refractivity contribution in [1.82, 2.24) is 10.1 Å². The standard InChI is InChI=1S/C11H16N2O3/c1-7-3-4-8(5-7)11-12-9(16-13-11)6-10(14)15-2/h7-8H,3-6H2,1-2H3. The Labute approximate surface area is 94.2 Å². The van der Waals surface area contributed by atoms with Crippen LogP contribution >= 0.6 is 0 Å². The molecule has 5 heteroatoms. The second kappa shape index (κ2) is 4.63. The van der Waals surface area contributed by atoms with Gasteiger partial charge in [0.15, 0.2) is 5.82 Å². The average Bonchev–Trinajstić information content (AvgIpc) is 2.87. The lowest BCUT2D eigenvalue weighted by Gasteiger charge is -2.01. The van der Waals surface area contributed by atoms with E-state index in [9.17, 15) is 4.79 Å². The minimum Gasteiger partial charge on any atom is -0.469 e. The van der Waals surface area contributed by atoms with E-state index in [1.165, 1.54) is 13.5 Å². The van der Waals surface area contributed by atoms with Gasteiger partial charge in [0.25, 0.3) is 0 Å². The maximum Gasteiger partial charge on any atom is 0.315 e. The van der Waals surface area contributed by atoms with Gasteiger partial charge in [0.1, 0.15) is 6.42 Å². The van der Waals surface area contributed by atoms with Gasteiger partial charge in [0.05, 0.1) is 7.11 Å². The van der Waals surface area contributed by atoms with Crippen LogP contribution in [-0.2, 0) is 16.0 Å². The molecule has 2 unspecified atom stereocenters. The molecule has 0 aromatic carbocycles. The van der Waals surface area contributed by atoms with Crippen molar-refractivity contribution in [3.63, 3.8) is 0 Å². The lowest BCUT2D eigenvalue weighted by molar-refractivity contribution is -0.140. The van der Waals surface area contributed by atoms with Gasteiger partial charge in [0.2, 0.25) is 5.89 Å². The van der Waals surface area contributed by atoms with Gasteiger partial charge in [-0.3, -0.25) is 4.79 Å². The molecule has 0 radical (unpaired) electrons. The highest BCUT2D eigenvalue weighted by molar-refractivity contribution is 5.71. The van der Waals surface area contributed by atoms with Gasteiger partial charge in [-0.05, 0) is 25.2 Å². The van der Waals surface area contributed by atoms with Crippen LogP contribution in [0.4, 0.5) is 0 Å². The molecule has 5 nitrogen and oxygen atoms in total. The maximum atomic E-state index is 11.0. The number of carbonyl (C=O) groups excluding carboxylic acids is 1. The molecule has 16 heavy (non-hydrogen) atoms. The first-order chi connectivity index (χ1) is 7.69. The minimum absolute atomic E-state index is 0.0613. The molecule has 0 amide bonds. The molecule has 1 aromatic rings. The lowest BCUT2D eigenvalue weighted by Crippen LogP contribution is -2.05. The van der Waals surface area contributed by atoms with Crippen LogP contribution < -0.4 is 0 Å². The Morgan fingerprint density at radius 1 is 1.56 bits per heavy atom. The molecule has 2 atom stereocenters. The average molecular weight is 224 g/mol. The Bertz CT molecular complexity index is 375. The van der Waals surface area contributed by atoms with Gasteiger partial charge in [-0.1, -0.05) is 12.1 Å². The van der Waals surface area contributed by atoms with Gasteiger partial charge in [0, 0.05) is 5.92 Å². The Kier molecular flexibility index (Phi) is 3.22. The Balaban J connectivity index is 1.99. The molecule has 0 spiro atoms. The third-order valence-electron chi connectivity index (χ3n) is 3.07. The first-order valence-corrected chi connectivity index (χ1v) is 5.58. The summed E-state index contributed by atoms with van der Waals surface area (Å²) in [7, 11) is 1.35. The van der Waals surface area contributed by atoms with Crippen LogP contribution in [0.15, 0.2) is 4.52 Å². The summed E-state index contributed by atoms with van der Waals surface area (Å²) in [5.74, 6) is 1.86. The Morgan fingerprint density at radius 3 is 3.00 bits per heavy atom. The van der Waals surface area contributed by atoms with Crippen LogP contribution in [0, 0.1) is 5.92 Å². The first-order valence-electron chi connectivity index (χ1n) is 5.58. The fourth-order valence-electron chi connectivity index (χ4n) is 2.14. The van der Waals surface area contributed by atoms with Gasteiger partial charge in [-0.25, -0.2) is 0 Å². The van der Waals surface area contributed by atoms with E-state index in [4.69, 9.17) is 4.52 Å². The van der Waals surface area contributed by atoms with Crippen LogP contribution in [0.2, 0.25) is 0 Å². The maximum absolute atomic E-state index is 11.0. The molecule has 0 N–H and O–H groups in total. The van der Waals surface area contributed by atoms with Crippen LogP contribution in [0.1, 0.15) is 43.8 Å². The SMILES string of the molecule is COC(=O)Cc1nc(C2CCC(C)C2)no1. The second-order valence-corrected chi connectivity index (χ2v) is 4.41. The summed E-state index contributed by atoms with van der Waals surface area (Å²) in [6, 6.07) is 0. The highest BCUT2D eigenvalue weighted by Gasteiger charge is 2.27. The summed E-state index contributed by atoms with van der Waals surface area (Å²) in [5, 5.41) is 3.93. The van der Waals surface area contributed by atoms with Crippen molar-refractivity contribution in [3.05, 3.63) is 11.7 Å². The molecule has 0 bridgehead atoms. The van der Waals surface area contributed by atoms with Gasteiger partial charge in [-0.2, -0.15) is 4.98 Å². The number of aromatic nitrogens is 2. The monoisotopic (exact) mass is 224 g/mol. The molecule has 0 aliphatic heterocycles. The van der Waals surface area contributed by atoms with E-state index >= 15 is 0 Å². The molecule has 1 heterocycles. The Morgan fingerprint density at radius 2 is 2.38 bits per heavy atom. The number of carbonyl (C=O) groups is 1. The number of hydrogen-bond acceptors (Lipinski definition) is 5. The summed E-state index contributed by atoms with van der Waals surface area (Å²) < 4.78 is 9.56. The number of methoxy groups -OCH3 is 1. The predicted molar refractivity (Wildman–Crippen MR) is 55.8 cm³/mol. The fraction of sp³-hybridized carbons (Fsp3) is 0.727. The first kappa shape index (κ1) is 11.1. The number of esters is 1. The molecule has 1 saturated carbocycles. The largest absolute Gasteiger partial charge is 0.469 e. The van der Waals surface area contributed by atoms with Crippen molar-refractivity contribution in [3.8, 4) is 0 Å². The van der Waals surface area contributed by atoms with Crippen molar-refractivity contribution in [1.29, 1.82) is 0 Å². The number of hydrogen-bond donors (Lipinski definition) is 0. The summed E-state index contributed by atoms with van der Waals surface area (Å²) in [6.07, 6.45) is 3.49. The summed E-state index contributed by atoms with van der Waals surface area (Å²) in [6.45, 7) is 2.23. The quantitative estimate of drug-likeness (QED) is 0.731. The molecular weight excluding hydrogens is 208 g/mol. The zero-order valence-corrected chi connectivity index (χ0v) is 9.60. The van der Waals surface area contributed by atoms with Crippen LogP contribution in [0.5, 0.6) is 0 Å². The van der Waals surface area contributed by atoms with E-state index in [1.54, 1.807) is 0 Å². The molecule has 1 aliphatic carbocycles. The second-order valence-electron chi connectivity index (χ2n) is 4.41. The van der Waals surface area contributed by atoms with Gasteiger partial charge in [-0.15, -0.1) is 0 Å². The predicted octanol–water partition coefficient (Wildman–Crippen LogP) is 1.69.